The molecule has 4 nitrogen and oxygen atoms in total. The normalized spacial score (nSPS) is 10.2. The fourth-order valence-electron chi connectivity index (χ4n) is 1.26. The summed E-state index contributed by atoms with van der Waals surface area (Å²) in [6, 6.07) is 6.82. The molecule has 3 N–H and O–H groups in total. The topological polar surface area (TPSA) is 68.3 Å². The average molecular weight is 299 g/mol. The maximum atomic E-state index is 13.0. The Morgan fingerprint density at radius 3 is 2.76 bits per heavy atom. The highest BCUT2D eigenvalue weighted by molar-refractivity contribution is 9.10. The number of nitrogens with one attached hydrogen (secondary N) is 1. The van der Waals surface area contributed by atoms with E-state index in [-0.39, 0.29) is 17.1 Å². The van der Waals surface area contributed by atoms with E-state index in [1.807, 2.05) is 0 Å². The van der Waals surface area contributed by atoms with Crippen LogP contribution in [0.4, 0.5) is 15.8 Å². The maximum absolute atomic E-state index is 13.0. The van der Waals surface area contributed by atoms with Crippen molar-refractivity contribution < 1.29 is 13.6 Å². The number of rotatable bonds is 2. The third-order valence-electron chi connectivity index (χ3n) is 2.06. The summed E-state index contributed by atoms with van der Waals surface area (Å²) in [4.78, 5) is 11.7. The van der Waals surface area contributed by atoms with Gasteiger partial charge in [-0.15, -0.1) is 0 Å². The van der Waals surface area contributed by atoms with Crippen LogP contribution in [0.15, 0.2) is 39.4 Å². The molecule has 0 saturated carbocycles. The lowest BCUT2D eigenvalue weighted by Gasteiger charge is -2.06. The van der Waals surface area contributed by atoms with Crippen LogP contribution in [0.25, 0.3) is 0 Å². The molecule has 88 valence electrons. The van der Waals surface area contributed by atoms with Crippen LogP contribution in [0.2, 0.25) is 0 Å². The van der Waals surface area contributed by atoms with Crippen molar-refractivity contribution in [3.05, 3.63) is 46.6 Å². The number of benzene rings is 1. The molecule has 2 rings (SSSR count). The molecule has 17 heavy (non-hydrogen) atoms. The number of halogens is 2. The van der Waals surface area contributed by atoms with E-state index in [1.54, 1.807) is 6.07 Å². The zero-order chi connectivity index (χ0) is 12.4. The van der Waals surface area contributed by atoms with Crippen molar-refractivity contribution in [1.82, 2.24) is 0 Å². The number of amides is 1. The number of furan rings is 1. The Bertz CT molecular complexity index is 568. The van der Waals surface area contributed by atoms with Gasteiger partial charge in [0.1, 0.15) is 5.82 Å². The van der Waals surface area contributed by atoms with Crippen molar-refractivity contribution in [1.29, 1.82) is 0 Å². The van der Waals surface area contributed by atoms with Gasteiger partial charge in [-0.25, -0.2) is 4.39 Å². The molecule has 0 atom stereocenters. The van der Waals surface area contributed by atoms with Gasteiger partial charge in [0.15, 0.2) is 10.4 Å². The third-order valence-corrected chi connectivity index (χ3v) is 2.49. The number of carbonyl (C=O) groups is 1. The summed E-state index contributed by atoms with van der Waals surface area (Å²) < 4.78 is 18.5. The molecule has 0 aliphatic rings. The van der Waals surface area contributed by atoms with Crippen molar-refractivity contribution in [3.8, 4) is 0 Å². The molecule has 2 aromatic rings. The average Bonchev–Trinajstić information content (AvgIpc) is 2.70. The summed E-state index contributed by atoms with van der Waals surface area (Å²) in [5, 5.41) is 2.46. The number of nitrogen functional groups attached to an aromatic ring is 1. The molecular formula is C11H8BrFN2O2. The second-order valence-electron chi connectivity index (χ2n) is 3.29. The summed E-state index contributed by atoms with van der Waals surface area (Å²) in [5.74, 6) is -0.858. The van der Waals surface area contributed by atoms with Crippen LogP contribution >= 0.6 is 15.9 Å². The summed E-state index contributed by atoms with van der Waals surface area (Å²) in [5.41, 5.74) is 6.09. The van der Waals surface area contributed by atoms with Crippen LogP contribution in [0.3, 0.4) is 0 Å². The molecule has 6 heteroatoms. The summed E-state index contributed by atoms with van der Waals surface area (Å²) in [6.45, 7) is 0. The number of hydrogen-bond donors (Lipinski definition) is 2. The van der Waals surface area contributed by atoms with Crippen LogP contribution in [0.5, 0.6) is 0 Å². The molecule has 1 heterocycles. The van der Waals surface area contributed by atoms with Gasteiger partial charge in [0.05, 0.1) is 11.4 Å². The lowest BCUT2D eigenvalue weighted by molar-refractivity contribution is 0.0995. The molecule has 0 aliphatic heterocycles. The van der Waals surface area contributed by atoms with Crippen LogP contribution < -0.4 is 11.1 Å². The van der Waals surface area contributed by atoms with Gasteiger partial charge in [-0.05, 0) is 46.3 Å². The summed E-state index contributed by atoms with van der Waals surface area (Å²) in [6.07, 6.45) is 0. The lowest BCUT2D eigenvalue weighted by Crippen LogP contribution is -2.12. The first-order valence-corrected chi connectivity index (χ1v) is 5.47. The molecule has 0 spiro atoms. The summed E-state index contributed by atoms with van der Waals surface area (Å²) >= 11 is 3.08. The van der Waals surface area contributed by atoms with Gasteiger partial charge < -0.3 is 15.5 Å². The maximum Gasteiger partial charge on any atom is 0.291 e. The molecule has 1 amide bonds. The molecule has 0 aliphatic carbocycles. The van der Waals surface area contributed by atoms with E-state index < -0.39 is 11.7 Å². The first-order chi connectivity index (χ1) is 8.06. The number of carbonyl (C=O) groups excluding carboxylic acids is 1. The number of anilines is 2. The van der Waals surface area contributed by atoms with Crippen molar-refractivity contribution in [2.45, 2.75) is 0 Å². The Morgan fingerprint density at radius 1 is 1.35 bits per heavy atom. The first-order valence-electron chi connectivity index (χ1n) is 4.68. The summed E-state index contributed by atoms with van der Waals surface area (Å²) in [7, 11) is 0. The van der Waals surface area contributed by atoms with Crippen LogP contribution in [0, 0.1) is 5.82 Å². The van der Waals surface area contributed by atoms with Gasteiger partial charge in [0, 0.05) is 0 Å². The minimum atomic E-state index is -0.493. The molecule has 0 bridgehead atoms. The smallest absolute Gasteiger partial charge is 0.291 e. The molecule has 1 aromatic heterocycles. The van der Waals surface area contributed by atoms with E-state index in [4.69, 9.17) is 10.2 Å². The SMILES string of the molecule is Nc1ccc(F)cc1NC(=O)c1ccc(Br)o1. The fourth-order valence-corrected chi connectivity index (χ4v) is 1.56. The molecule has 0 saturated heterocycles. The van der Waals surface area contributed by atoms with E-state index in [0.29, 0.717) is 4.67 Å². The minimum Gasteiger partial charge on any atom is -0.444 e. The highest BCUT2D eigenvalue weighted by atomic mass is 79.9. The molecule has 1 aromatic carbocycles. The predicted octanol–water partition coefficient (Wildman–Crippen LogP) is 3.02. The first kappa shape index (κ1) is 11.7. The largest absolute Gasteiger partial charge is 0.444 e. The van der Waals surface area contributed by atoms with E-state index in [2.05, 4.69) is 21.2 Å². The van der Waals surface area contributed by atoms with Crippen molar-refractivity contribution in [3.63, 3.8) is 0 Å². The second kappa shape index (κ2) is 4.58. The Kier molecular flexibility index (Phi) is 3.14. The van der Waals surface area contributed by atoms with E-state index in [9.17, 15) is 9.18 Å². The van der Waals surface area contributed by atoms with Crippen molar-refractivity contribution in [2.24, 2.45) is 0 Å². The Hall–Kier alpha value is -1.82. The van der Waals surface area contributed by atoms with Gasteiger partial charge in [-0.3, -0.25) is 4.79 Å². The van der Waals surface area contributed by atoms with Crippen LogP contribution in [0.1, 0.15) is 10.6 Å². The molecule has 0 radical (unpaired) electrons. The minimum absolute atomic E-state index is 0.112. The Labute approximate surface area is 105 Å². The van der Waals surface area contributed by atoms with Crippen LogP contribution in [-0.2, 0) is 0 Å². The van der Waals surface area contributed by atoms with Gasteiger partial charge in [-0.2, -0.15) is 0 Å². The zero-order valence-corrected chi connectivity index (χ0v) is 10.1. The zero-order valence-electron chi connectivity index (χ0n) is 8.54. The standard InChI is InChI=1S/C11H8BrFN2O2/c12-10-4-3-9(17-10)11(16)15-8-5-6(13)1-2-7(8)14/h1-5H,14H2,(H,15,16). The number of nitrogens with two attached hydrogens (primary N) is 1. The highest BCUT2D eigenvalue weighted by Crippen LogP contribution is 2.21. The van der Waals surface area contributed by atoms with E-state index >= 15 is 0 Å². The van der Waals surface area contributed by atoms with Crippen molar-refractivity contribution in [2.75, 3.05) is 11.1 Å². The van der Waals surface area contributed by atoms with Gasteiger partial charge >= 0.3 is 0 Å². The Balaban J connectivity index is 2.21. The molecular weight excluding hydrogens is 291 g/mol. The van der Waals surface area contributed by atoms with Crippen molar-refractivity contribution >= 4 is 33.2 Å². The van der Waals surface area contributed by atoms with E-state index in [1.165, 1.54) is 18.2 Å². The van der Waals surface area contributed by atoms with Gasteiger partial charge in [0.25, 0.3) is 5.91 Å². The Morgan fingerprint density at radius 2 is 2.12 bits per heavy atom. The highest BCUT2D eigenvalue weighted by Gasteiger charge is 2.12. The second-order valence-corrected chi connectivity index (χ2v) is 4.07. The molecule has 0 fully saturated rings. The third kappa shape index (κ3) is 2.65. The van der Waals surface area contributed by atoms with Crippen LogP contribution in [-0.4, -0.2) is 5.91 Å². The fraction of sp³-hybridized carbons (Fsp3) is 0. The lowest BCUT2D eigenvalue weighted by atomic mass is 10.2. The monoisotopic (exact) mass is 298 g/mol. The quantitative estimate of drug-likeness (QED) is 0.838. The van der Waals surface area contributed by atoms with Gasteiger partial charge in [-0.1, -0.05) is 0 Å². The number of hydrogen-bond acceptors (Lipinski definition) is 3. The molecule has 0 unspecified atom stereocenters. The van der Waals surface area contributed by atoms with E-state index in [0.717, 1.165) is 6.07 Å². The van der Waals surface area contributed by atoms with Gasteiger partial charge in [0.2, 0.25) is 0 Å². The predicted molar refractivity (Wildman–Crippen MR) is 65.2 cm³/mol.